The third-order valence-corrected chi connectivity index (χ3v) is 9.84. The van der Waals surface area contributed by atoms with Crippen LogP contribution in [0.15, 0.2) is 194 Å². The summed E-state index contributed by atoms with van der Waals surface area (Å²) in [5.74, 6) is 0. The van der Waals surface area contributed by atoms with Gasteiger partial charge in [-0.25, -0.2) is 0 Å². The van der Waals surface area contributed by atoms with Crippen molar-refractivity contribution in [1.82, 2.24) is 9.13 Å². The smallest absolute Gasteiger partial charge is 0.0645 e. The molecule has 2 heteroatoms. The summed E-state index contributed by atoms with van der Waals surface area (Å²) in [5, 5.41) is 3.72. The number of nitrogens with zero attached hydrogens (tertiary/aromatic N) is 2. The Morgan fingerprint density at radius 1 is 0.340 bits per heavy atom. The molecule has 0 aliphatic heterocycles. The topological polar surface area (TPSA) is 9.86 Å². The number of hydrogen-bond acceptors (Lipinski definition) is 0. The standard InChI is InChI=1S/C48H32N2/c1-4-13-33(14-5-1)34-23-27-39(28-24-34)49-44-21-11-10-19-41(44)42-31-36(25-29-45(42)49)37-26-30-46-43(32-37)48-40(35-15-6-2-7-16-35)20-12-22-47(48)50(46)38-17-8-3-9-18-38/h1-32H/i25D,29D,31D. The van der Waals surface area contributed by atoms with Crippen molar-refractivity contribution in [3.8, 4) is 44.8 Å². The van der Waals surface area contributed by atoms with Crippen LogP contribution in [0, 0.1) is 0 Å². The molecule has 0 bridgehead atoms. The van der Waals surface area contributed by atoms with Crippen LogP contribution in [-0.4, -0.2) is 9.13 Å². The van der Waals surface area contributed by atoms with Crippen LogP contribution < -0.4 is 0 Å². The highest BCUT2D eigenvalue weighted by molar-refractivity contribution is 6.17. The zero-order chi connectivity index (χ0) is 35.6. The van der Waals surface area contributed by atoms with E-state index in [1.165, 1.54) is 0 Å². The maximum absolute atomic E-state index is 9.78. The quantitative estimate of drug-likeness (QED) is 0.177. The van der Waals surface area contributed by atoms with Gasteiger partial charge < -0.3 is 9.13 Å². The molecule has 8 aromatic carbocycles. The molecular weight excluding hydrogens is 605 g/mol. The van der Waals surface area contributed by atoms with E-state index in [2.05, 4.69) is 120 Å². The van der Waals surface area contributed by atoms with E-state index < -0.39 is 0 Å². The number of rotatable bonds is 5. The average molecular weight is 640 g/mol. The van der Waals surface area contributed by atoms with Crippen molar-refractivity contribution in [2.75, 3.05) is 0 Å². The molecule has 2 nitrogen and oxygen atoms in total. The van der Waals surface area contributed by atoms with Crippen molar-refractivity contribution in [3.63, 3.8) is 0 Å². The Morgan fingerprint density at radius 2 is 0.920 bits per heavy atom. The van der Waals surface area contributed by atoms with Crippen LogP contribution in [0.1, 0.15) is 4.11 Å². The molecule has 0 N–H and O–H groups in total. The second-order valence-corrected chi connectivity index (χ2v) is 12.7. The van der Waals surface area contributed by atoms with E-state index >= 15 is 0 Å². The zero-order valence-electron chi connectivity index (χ0n) is 30.1. The van der Waals surface area contributed by atoms with Crippen molar-refractivity contribution >= 4 is 43.6 Å². The Kier molecular flexibility index (Phi) is 5.84. The maximum Gasteiger partial charge on any atom is 0.0645 e. The van der Waals surface area contributed by atoms with Gasteiger partial charge in [0.2, 0.25) is 0 Å². The summed E-state index contributed by atoms with van der Waals surface area (Å²) in [6, 6.07) is 60.5. The molecule has 0 saturated carbocycles. The fourth-order valence-electron chi connectivity index (χ4n) is 7.55. The van der Waals surface area contributed by atoms with Crippen LogP contribution in [0.3, 0.4) is 0 Å². The number of fused-ring (bicyclic) bond motifs is 6. The third-order valence-electron chi connectivity index (χ3n) is 9.84. The first-order valence-corrected chi connectivity index (χ1v) is 17.0. The summed E-state index contributed by atoms with van der Waals surface area (Å²) in [5.41, 5.74) is 11.2. The molecule has 0 aliphatic rings. The van der Waals surface area contributed by atoms with Gasteiger partial charge in [-0.1, -0.05) is 133 Å². The summed E-state index contributed by atoms with van der Waals surface area (Å²) in [6.45, 7) is 0. The molecule has 0 fully saturated rings. The minimum atomic E-state index is 0.0434. The zero-order valence-corrected chi connectivity index (χ0v) is 27.1. The summed E-state index contributed by atoms with van der Waals surface area (Å²) in [4.78, 5) is 0. The number of hydrogen-bond donors (Lipinski definition) is 0. The van der Waals surface area contributed by atoms with Gasteiger partial charge in [-0.2, -0.15) is 0 Å². The van der Waals surface area contributed by atoms with Crippen LogP contribution in [0.25, 0.3) is 88.4 Å². The second-order valence-electron chi connectivity index (χ2n) is 12.7. The van der Waals surface area contributed by atoms with Gasteiger partial charge in [-0.05, 0) is 94.0 Å². The normalized spacial score (nSPS) is 12.4. The van der Waals surface area contributed by atoms with Crippen LogP contribution in [0.5, 0.6) is 0 Å². The predicted molar refractivity (Wildman–Crippen MR) is 211 cm³/mol. The first-order valence-electron chi connectivity index (χ1n) is 18.5. The molecule has 2 heterocycles. The van der Waals surface area contributed by atoms with Crippen molar-refractivity contribution in [3.05, 3.63) is 194 Å². The molecule has 0 aliphatic carbocycles. The Bertz CT molecular complexity index is 3000. The van der Waals surface area contributed by atoms with Gasteiger partial charge >= 0.3 is 0 Å². The number of benzene rings is 8. The highest BCUT2D eigenvalue weighted by Crippen LogP contribution is 2.41. The maximum atomic E-state index is 9.78. The summed E-state index contributed by atoms with van der Waals surface area (Å²) in [6.07, 6.45) is 0. The predicted octanol–water partition coefficient (Wildman–Crippen LogP) is 12.9. The second kappa shape index (κ2) is 11.5. The molecule has 0 unspecified atom stereocenters. The minimum absolute atomic E-state index is 0.0434. The van der Waals surface area contributed by atoms with Crippen molar-refractivity contribution in [2.45, 2.75) is 0 Å². The Labute approximate surface area is 294 Å². The van der Waals surface area contributed by atoms with Gasteiger partial charge in [-0.15, -0.1) is 0 Å². The van der Waals surface area contributed by atoms with Gasteiger partial charge in [0.25, 0.3) is 0 Å². The van der Waals surface area contributed by atoms with E-state index in [-0.39, 0.29) is 18.1 Å². The van der Waals surface area contributed by atoms with E-state index in [4.69, 9.17) is 0 Å². The van der Waals surface area contributed by atoms with Gasteiger partial charge in [-0.3, -0.25) is 0 Å². The minimum Gasteiger partial charge on any atom is -0.309 e. The molecule has 10 aromatic rings. The van der Waals surface area contributed by atoms with Crippen molar-refractivity contribution in [2.24, 2.45) is 0 Å². The van der Waals surface area contributed by atoms with Crippen molar-refractivity contribution < 1.29 is 4.11 Å². The first-order chi connectivity index (χ1) is 26.1. The Morgan fingerprint density at radius 3 is 1.70 bits per heavy atom. The largest absolute Gasteiger partial charge is 0.309 e. The van der Waals surface area contributed by atoms with E-state index in [9.17, 15) is 4.11 Å². The summed E-state index contributed by atoms with van der Waals surface area (Å²) in [7, 11) is 0. The van der Waals surface area contributed by atoms with E-state index in [0.717, 1.165) is 71.9 Å². The molecule has 234 valence electrons. The highest BCUT2D eigenvalue weighted by Gasteiger charge is 2.18. The lowest BCUT2D eigenvalue weighted by Crippen LogP contribution is -1.94. The van der Waals surface area contributed by atoms with Gasteiger partial charge in [0, 0.05) is 32.9 Å². The summed E-state index contributed by atoms with van der Waals surface area (Å²) >= 11 is 0. The molecule has 10 rings (SSSR count). The Balaban J connectivity index is 1.23. The van der Waals surface area contributed by atoms with Gasteiger partial charge in [0.1, 0.15) is 0 Å². The number of para-hydroxylation sites is 2. The fourth-order valence-corrected chi connectivity index (χ4v) is 7.55. The van der Waals surface area contributed by atoms with Crippen LogP contribution in [0.4, 0.5) is 0 Å². The number of aromatic nitrogens is 2. The summed E-state index contributed by atoms with van der Waals surface area (Å²) < 4.78 is 33.2. The lowest BCUT2D eigenvalue weighted by molar-refractivity contribution is 1.18. The lowest BCUT2D eigenvalue weighted by atomic mass is 9.97. The molecule has 0 spiro atoms. The molecule has 0 radical (unpaired) electrons. The molecule has 2 aromatic heterocycles. The molecular formula is C48H32N2. The first kappa shape index (κ1) is 25.4. The van der Waals surface area contributed by atoms with Crippen LogP contribution in [0.2, 0.25) is 0 Å². The average Bonchev–Trinajstić information content (AvgIpc) is 3.75. The third kappa shape index (κ3) is 4.50. The van der Waals surface area contributed by atoms with Crippen molar-refractivity contribution in [1.29, 1.82) is 0 Å². The molecule has 0 saturated heterocycles. The van der Waals surface area contributed by atoms with Gasteiger partial charge in [0.05, 0.1) is 26.2 Å². The van der Waals surface area contributed by atoms with E-state index in [1.54, 1.807) is 0 Å². The monoisotopic (exact) mass is 639 g/mol. The molecule has 50 heavy (non-hydrogen) atoms. The molecule has 0 amide bonds. The van der Waals surface area contributed by atoms with Crippen LogP contribution >= 0.6 is 0 Å². The fraction of sp³-hybridized carbons (Fsp3) is 0. The van der Waals surface area contributed by atoms with E-state index in [0.29, 0.717) is 16.5 Å². The Hall–Kier alpha value is -6.64. The lowest BCUT2D eigenvalue weighted by Gasteiger charge is -2.10. The van der Waals surface area contributed by atoms with Crippen LogP contribution in [-0.2, 0) is 0 Å². The molecule has 0 atom stereocenters. The van der Waals surface area contributed by atoms with Gasteiger partial charge in [0.15, 0.2) is 0 Å². The van der Waals surface area contributed by atoms with E-state index in [1.807, 2.05) is 65.2 Å². The SMILES string of the molecule is [2H]c1c(-c2ccc3c(c2)c2c(-c4ccccc4)cccc2n3-c2ccccc2)c([2H])c2c3ccccc3n(-c3ccc(-c4ccccc4)cc3)c2c1[2H]. The highest BCUT2D eigenvalue weighted by atomic mass is 15.0.